The maximum absolute atomic E-state index is 12.7. The van der Waals surface area contributed by atoms with E-state index in [1.54, 1.807) is 0 Å². The zero-order valence-corrected chi connectivity index (χ0v) is 14.9. The molecular weight excluding hydrogens is 314 g/mol. The number of carbonyl (C=O) groups excluding carboxylic acids is 1. The van der Waals surface area contributed by atoms with Gasteiger partial charge in [0.15, 0.2) is 0 Å². The number of hydrogen-bond acceptors (Lipinski definition) is 3. The molecule has 0 unspecified atom stereocenters. The third kappa shape index (κ3) is 3.31. The van der Waals surface area contributed by atoms with Crippen molar-refractivity contribution >= 4 is 16.8 Å². The SMILES string of the molecule is Cc1ccc2c(CC(=O)N3CCN([C@@H]4CCC[C@@H]4O)CC3)c[nH]c2c1. The van der Waals surface area contributed by atoms with Crippen molar-refractivity contribution in [3.05, 3.63) is 35.5 Å². The number of aliphatic hydroxyl groups excluding tert-OH is 1. The van der Waals surface area contributed by atoms with Gasteiger partial charge in [-0.3, -0.25) is 9.69 Å². The van der Waals surface area contributed by atoms with Crippen molar-refractivity contribution in [1.29, 1.82) is 0 Å². The van der Waals surface area contributed by atoms with Crippen molar-refractivity contribution in [2.45, 2.75) is 44.8 Å². The van der Waals surface area contributed by atoms with Crippen molar-refractivity contribution < 1.29 is 9.90 Å². The van der Waals surface area contributed by atoms with Gasteiger partial charge in [0.1, 0.15) is 0 Å². The third-order valence-electron chi connectivity index (χ3n) is 5.84. The Morgan fingerprint density at radius 2 is 2.04 bits per heavy atom. The molecule has 25 heavy (non-hydrogen) atoms. The van der Waals surface area contributed by atoms with Gasteiger partial charge >= 0.3 is 0 Å². The van der Waals surface area contributed by atoms with E-state index in [1.165, 1.54) is 5.56 Å². The Balaban J connectivity index is 1.37. The fourth-order valence-corrected chi connectivity index (χ4v) is 4.37. The summed E-state index contributed by atoms with van der Waals surface area (Å²) in [6, 6.07) is 6.61. The minimum Gasteiger partial charge on any atom is -0.391 e. The number of nitrogens with zero attached hydrogens (tertiary/aromatic N) is 2. The summed E-state index contributed by atoms with van der Waals surface area (Å²) in [5.41, 5.74) is 3.40. The van der Waals surface area contributed by atoms with Crippen LogP contribution in [0.5, 0.6) is 0 Å². The molecule has 5 nitrogen and oxygen atoms in total. The third-order valence-corrected chi connectivity index (χ3v) is 5.84. The Labute approximate surface area is 148 Å². The molecule has 2 fully saturated rings. The summed E-state index contributed by atoms with van der Waals surface area (Å²) in [5.74, 6) is 0.202. The lowest BCUT2D eigenvalue weighted by Gasteiger charge is -2.39. The number of fused-ring (bicyclic) bond motifs is 1. The molecule has 0 bridgehead atoms. The van der Waals surface area contributed by atoms with E-state index in [-0.39, 0.29) is 12.0 Å². The Bertz CT molecular complexity index is 761. The van der Waals surface area contributed by atoms with Gasteiger partial charge in [-0.2, -0.15) is 0 Å². The van der Waals surface area contributed by atoms with Gasteiger partial charge in [0.2, 0.25) is 5.91 Å². The molecule has 2 aliphatic rings. The van der Waals surface area contributed by atoms with Gasteiger partial charge in [0, 0.05) is 49.3 Å². The lowest BCUT2D eigenvalue weighted by atomic mass is 10.1. The summed E-state index contributed by atoms with van der Waals surface area (Å²) in [6.45, 7) is 5.36. The van der Waals surface area contributed by atoms with Gasteiger partial charge in [-0.25, -0.2) is 0 Å². The fraction of sp³-hybridized carbons (Fsp3) is 0.550. The monoisotopic (exact) mass is 341 g/mol. The molecule has 134 valence electrons. The second-order valence-electron chi connectivity index (χ2n) is 7.52. The zero-order chi connectivity index (χ0) is 17.4. The van der Waals surface area contributed by atoms with Gasteiger partial charge in [-0.15, -0.1) is 0 Å². The van der Waals surface area contributed by atoms with Crippen molar-refractivity contribution in [3.63, 3.8) is 0 Å². The van der Waals surface area contributed by atoms with E-state index in [9.17, 15) is 9.90 Å². The smallest absolute Gasteiger partial charge is 0.227 e. The Morgan fingerprint density at radius 3 is 2.76 bits per heavy atom. The second-order valence-corrected chi connectivity index (χ2v) is 7.52. The Morgan fingerprint density at radius 1 is 1.24 bits per heavy atom. The van der Waals surface area contributed by atoms with E-state index < -0.39 is 0 Å². The molecule has 1 amide bonds. The van der Waals surface area contributed by atoms with Crippen LogP contribution in [0, 0.1) is 6.92 Å². The average molecular weight is 341 g/mol. The van der Waals surface area contributed by atoms with Crippen LogP contribution in [0.25, 0.3) is 10.9 Å². The van der Waals surface area contributed by atoms with Crippen LogP contribution in [-0.4, -0.2) is 64.1 Å². The van der Waals surface area contributed by atoms with Crippen LogP contribution < -0.4 is 0 Å². The topological polar surface area (TPSA) is 59.6 Å². The molecule has 1 aromatic heterocycles. The highest BCUT2D eigenvalue weighted by Gasteiger charge is 2.33. The zero-order valence-electron chi connectivity index (χ0n) is 14.9. The number of piperazine rings is 1. The molecule has 2 heterocycles. The number of aromatic amines is 1. The van der Waals surface area contributed by atoms with Crippen LogP contribution in [0.15, 0.2) is 24.4 Å². The first-order valence-corrected chi connectivity index (χ1v) is 9.38. The first-order valence-electron chi connectivity index (χ1n) is 9.38. The number of rotatable bonds is 3. The molecule has 5 heteroatoms. The Hall–Kier alpha value is -1.85. The molecule has 2 aromatic rings. The van der Waals surface area contributed by atoms with Crippen molar-refractivity contribution in [2.75, 3.05) is 26.2 Å². The summed E-state index contributed by atoms with van der Waals surface area (Å²) in [6.07, 6.45) is 5.36. The molecule has 1 aliphatic carbocycles. The lowest BCUT2D eigenvalue weighted by molar-refractivity contribution is -0.132. The number of amides is 1. The highest BCUT2D eigenvalue weighted by atomic mass is 16.3. The number of carbonyl (C=O) groups is 1. The maximum atomic E-state index is 12.7. The number of aromatic nitrogens is 1. The van der Waals surface area contributed by atoms with Crippen LogP contribution in [0.3, 0.4) is 0 Å². The van der Waals surface area contributed by atoms with Crippen LogP contribution >= 0.6 is 0 Å². The van der Waals surface area contributed by atoms with Gasteiger partial charge in [-0.05, 0) is 43.4 Å². The molecule has 1 saturated carbocycles. The molecule has 4 rings (SSSR count). The van der Waals surface area contributed by atoms with Crippen LogP contribution in [0.1, 0.15) is 30.4 Å². The van der Waals surface area contributed by atoms with Crippen LogP contribution in [0.4, 0.5) is 0 Å². The minimum atomic E-state index is -0.183. The first-order chi connectivity index (χ1) is 12.1. The minimum absolute atomic E-state index is 0.183. The molecular formula is C20H27N3O2. The normalized spacial score (nSPS) is 25.0. The van der Waals surface area contributed by atoms with E-state index >= 15 is 0 Å². The molecule has 2 atom stereocenters. The molecule has 0 radical (unpaired) electrons. The number of H-pyrrole nitrogens is 1. The predicted molar refractivity (Wildman–Crippen MR) is 98.5 cm³/mol. The van der Waals surface area contributed by atoms with E-state index in [2.05, 4.69) is 35.0 Å². The summed E-state index contributed by atoms with van der Waals surface area (Å²) < 4.78 is 0. The van der Waals surface area contributed by atoms with Gasteiger partial charge in [-0.1, -0.05) is 12.1 Å². The molecule has 1 saturated heterocycles. The largest absolute Gasteiger partial charge is 0.391 e. The highest BCUT2D eigenvalue weighted by Crippen LogP contribution is 2.25. The van der Waals surface area contributed by atoms with Gasteiger partial charge < -0.3 is 15.0 Å². The summed E-state index contributed by atoms with van der Waals surface area (Å²) in [4.78, 5) is 20.3. The number of aliphatic hydroxyl groups is 1. The average Bonchev–Trinajstić information content (AvgIpc) is 3.21. The lowest BCUT2D eigenvalue weighted by Crippen LogP contribution is -2.53. The number of aryl methyl sites for hydroxylation is 1. The predicted octanol–water partition coefficient (Wildman–Crippen LogP) is 2.08. The van der Waals surface area contributed by atoms with E-state index in [0.29, 0.717) is 12.5 Å². The second kappa shape index (κ2) is 6.81. The number of hydrogen-bond donors (Lipinski definition) is 2. The maximum Gasteiger partial charge on any atom is 0.227 e. The molecule has 0 spiro atoms. The summed E-state index contributed by atoms with van der Waals surface area (Å²) >= 11 is 0. The first kappa shape index (κ1) is 16.6. The van der Waals surface area contributed by atoms with E-state index in [1.807, 2.05) is 11.1 Å². The van der Waals surface area contributed by atoms with Crippen molar-refractivity contribution in [1.82, 2.24) is 14.8 Å². The number of benzene rings is 1. The molecule has 1 aromatic carbocycles. The highest BCUT2D eigenvalue weighted by molar-refractivity contribution is 5.89. The van der Waals surface area contributed by atoms with Crippen molar-refractivity contribution in [2.24, 2.45) is 0 Å². The standard InChI is InChI=1S/C20H27N3O2/c1-14-5-6-16-15(13-21-17(16)11-14)12-20(25)23-9-7-22(8-10-23)18-3-2-4-19(18)24/h5-6,11,13,18-19,21,24H,2-4,7-10,12H2,1H3/t18-,19+/m1/s1. The molecule has 2 N–H and O–H groups in total. The number of nitrogens with one attached hydrogen (secondary N) is 1. The van der Waals surface area contributed by atoms with Gasteiger partial charge in [0.05, 0.1) is 12.5 Å². The Kier molecular flexibility index (Phi) is 4.52. The fourth-order valence-electron chi connectivity index (χ4n) is 4.37. The van der Waals surface area contributed by atoms with E-state index in [0.717, 1.165) is 61.9 Å². The van der Waals surface area contributed by atoms with E-state index in [4.69, 9.17) is 0 Å². The van der Waals surface area contributed by atoms with Crippen LogP contribution in [-0.2, 0) is 11.2 Å². The summed E-state index contributed by atoms with van der Waals surface area (Å²) in [7, 11) is 0. The molecule has 1 aliphatic heterocycles. The van der Waals surface area contributed by atoms with Crippen LogP contribution in [0.2, 0.25) is 0 Å². The quantitative estimate of drug-likeness (QED) is 0.899. The summed E-state index contributed by atoms with van der Waals surface area (Å²) in [5, 5.41) is 11.2. The van der Waals surface area contributed by atoms with Gasteiger partial charge in [0.25, 0.3) is 0 Å². The van der Waals surface area contributed by atoms with Crippen molar-refractivity contribution in [3.8, 4) is 0 Å².